The highest BCUT2D eigenvalue weighted by atomic mass is 16.5. The number of benzene rings is 1. The van der Waals surface area contributed by atoms with Gasteiger partial charge in [-0.15, -0.1) is 0 Å². The van der Waals surface area contributed by atoms with Gasteiger partial charge in [0.2, 0.25) is 0 Å². The number of ether oxygens (including phenoxy) is 1. The van der Waals surface area contributed by atoms with E-state index in [0.717, 1.165) is 33.9 Å². The summed E-state index contributed by atoms with van der Waals surface area (Å²) in [6.45, 7) is 21.1. The van der Waals surface area contributed by atoms with Crippen molar-refractivity contribution >= 4 is 0 Å². The first-order valence-corrected chi connectivity index (χ1v) is 9.04. The van der Waals surface area contributed by atoms with Gasteiger partial charge in [0.05, 0.1) is 7.11 Å². The third-order valence-electron chi connectivity index (χ3n) is 5.01. The second-order valence-electron chi connectivity index (χ2n) is 7.16. The molecule has 1 atom stereocenters. The number of allylic oxidation sites excluding steroid dienone is 7. The van der Waals surface area contributed by atoms with E-state index < -0.39 is 0 Å². The van der Waals surface area contributed by atoms with Crippen LogP contribution in [0.4, 0.5) is 0 Å². The second-order valence-corrected chi connectivity index (χ2v) is 7.16. The first-order chi connectivity index (χ1) is 12.2. The molecule has 0 aromatic heterocycles. The average Bonchev–Trinajstić information content (AvgIpc) is 2.59. The van der Waals surface area contributed by atoms with E-state index in [1.807, 2.05) is 0 Å². The molecule has 2 rings (SSSR count). The van der Waals surface area contributed by atoms with Crippen molar-refractivity contribution in [2.24, 2.45) is 0 Å². The van der Waals surface area contributed by atoms with E-state index in [0.29, 0.717) is 0 Å². The number of hydrogen-bond donors (Lipinski definition) is 1. The van der Waals surface area contributed by atoms with Gasteiger partial charge >= 0.3 is 0 Å². The van der Waals surface area contributed by atoms with Gasteiger partial charge in [-0.25, -0.2) is 0 Å². The van der Waals surface area contributed by atoms with Crippen LogP contribution in [-0.4, -0.2) is 7.11 Å². The predicted molar refractivity (Wildman–Crippen MR) is 112 cm³/mol. The fourth-order valence-electron chi connectivity index (χ4n) is 3.68. The van der Waals surface area contributed by atoms with Gasteiger partial charge in [-0.1, -0.05) is 42.5 Å². The Labute approximate surface area is 158 Å². The molecule has 26 heavy (non-hydrogen) atoms. The molecule has 0 radical (unpaired) electrons. The maximum atomic E-state index is 5.75. The number of hydrogen-bond acceptors (Lipinski definition) is 2. The molecule has 2 heteroatoms. The van der Waals surface area contributed by atoms with Crippen LogP contribution in [0, 0.1) is 6.92 Å². The Balaban J connectivity index is 2.88. The molecular weight excluding hydrogens is 318 g/mol. The van der Waals surface area contributed by atoms with Crippen molar-refractivity contribution in [3.63, 3.8) is 0 Å². The van der Waals surface area contributed by atoms with Crippen LogP contribution in [0.1, 0.15) is 51.7 Å². The van der Waals surface area contributed by atoms with E-state index in [-0.39, 0.29) is 5.92 Å². The quantitative estimate of drug-likeness (QED) is 0.670. The van der Waals surface area contributed by atoms with Gasteiger partial charge in [0, 0.05) is 22.9 Å². The lowest BCUT2D eigenvalue weighted by Crippen LogP contribution is -2.27. The van der Waals surface area contributed by atoms with Crippen LogP contribution >= 0.6 is 0 Å². The molecule has 1 aliphatic heterocycles. The van der Waals surface area contributed by atoms with Crippen molar-refractivity contribution in [1.82, 2.24) is 5.32 Å². The van der Waals surface area contributed by atoms with Gasteiger partial charge in [0.1, 0.15) is 5.75 Å². The topological polar surface area (TPSA) is 21.3 Å². The number of methoxy groups -OCH3 is 1. The molecular formula is C24H31NO. The molecule has 138 valence electrons. The molecule has 1 aliphatic rings. The summed E-state index contributed by atoms with van der Waals surface area (Å²) in [5, 5.41) is 3.61. The van der Waals surface area contributed by atoms with Crippen LogP contribution in [0.3, 0.4) is 0 Å². The highest BCUT2D eigenvalue weighted by Gasteiger charge is 2.33. The second kappa shape index (κ2) is 7.82. The fourth-order valence-corrected chi connectivity index (χ4v) is 3.68. The molecule has 1 unspecified atom stereocenters. The minimum absolute atomic E-state index is 0.0479. The zero-order chi connectivity index (χ0) is 19.6. The fraction of sp³-hybridized carbons (Fsp3) is 0.333. The van der Waals surface area contributed by atoms with E-state index in [4.69, 9.17) is 4.74 Å². The molecule has 0 aliphatic carbocycles. The van der Waals surface area contributed by atoms with Crippen LogP contribution in [0.15, 0.2) is 76.7 Å². The third kappa shape index (κ3) is 3.55. The maximum Gasteiger partial charge on any atom is 0.123 e. The molecule has 1 aromatic rings. The monoisotopic (exact) mass is 349 g/mol. The molecule has 0 fully saturated rings. The van der Waals surface area contributed by atoms with Crippen molar-refractivity contribution in [3.05, 3.63) is 87.8 Å². The van der Waals surface area contributed by atoms with Gasteiger partial charge in [-0.05, 0) is 69.9 Å². The van der Waals surface area contributed by atoms with Crippen molar-refractivity contribution in [1.29, 1.82) is 0 Å². The van der Waals surface area contributed by atoms with E-state index in [2.05, 4.69) is 84.3 Å². The largest absolute Gasteiger partial charge is 0.496 e. The number of rotatable bonds is 5. The smallest absolute Gasteiger partial charge is 0.123 e. The predicted octanol–water partition coefficient (Wildman–Crippen LogP) is 6.34. The summed E-state index contributed by atoms with van der Waals surface area (Å²) >= 11 is 0. The molecule has 0 bridgehead atoms. The van der Waals surface area contributed by atoms with E-state index in [1.54, 1.807) is 7.11 Å². The van der Waals surface area contributed by atoms with Crippen LogP contribution in [-0.2, 0) is 0 Å². The Bertz CT molecular complexity index is 849. The Morgan fingerprint density at radius 3 is 2.19 bits per heavy atom. The van der Waals surface area contributed by atoms with Crippen LogP contribution in [0.5, 0.6) is 5.75 Å². The van der Waals surface area contributed by atoms with Crippen molar-refractivity contribution in [2.75, 3.05) is 7.11 Å². The standard InChI is InChI=1S/C24H31NO/c1-10-17(7)24-22(15(4)5)23(21(14(2)3)18(8)25-24)19-12-11-16(6)13-20(19)26-9/h10-13,23,25H,2,4H2,1,3,5-9H3/b17-10-. The zero-order valence-corrected chi connectivity index (χ0v) is 17.2. The Kier molecular flexibility index (Phi) is 5.97. The van der Waals surface area contributed by atoms with Crippen LogP contribution in [0.25, 0.3) is 0 Å². The van der Waals surface area contributed by atoms with E-state index >= 15 is 0 Å². The minimum atomic E-state index is 0.0479. The summed E-state index contributed by atoms with van der Waals surface area (Å²) in [5.41, 5.74) is 10.3. The SMILES string of the molecule is C=C(C)C1=C(C)NC(/C(C)=C\C)=C(C(=C)C)C1c1ccc(C)cc1OC. The molecule has 0 spiro atoms. The summed E-state index contributed by atoms with van der Waals surface area (Å²) in [7, 11) is 1.73. The van der Waals surface area contributed by atoms with E-state index in [9.17, 15) is 0 Å². The van der Waals surface area contributed by atoms with Crippen molar-refractivity contribution in [2.45, 2.75) is 47.5 Å². The third-order valence-corrected chi connectivity index (χ3v) is 5.01. The first kappa shape index (κ1) is 19.8. The van der Waals surface area contributed by atoms with Gasteiger partial charge in [0.15, 0.2) is 0 Å². The summed E-state index contributed by atoms with van der Waals surface area (Å²) in [6, 6.07) is 6.41. The molecule has 0 saturated carbocycles. The molecule has 2 nitrogen and oxygen atoms in total. The van der Waals surface area contributed by atoms with Crippen LogP contribution < -0.4 is 10.1 Å². The first-order valence-electron chi connectivity index (χ1n) is 9.04. The molecule has 0 amide bonds. The summed E-state index contributed by atoms with van der Waals surface area (Å²) in [4.78, 5) is 0. The summed E-state index contributed by atoms with van der Waals surface area (Å²) in [5.74, 6) is 0.950. The zero-order valence-electron chi connectivity index (χ0n) is 17.2. The molecule has 1 aromatic carbocycles. The van der Waals surface area contributed by atoms with Crippen molar-refractivity contribution < 1.29 is 4.74 Å². The molecule has 0 saturated heterocycles. The van der Waals surface area contributed by atoms with Gasteiger partial charge < -0.3 is 10.1 Å². The molecule has 1 N–H and O–H groups in total. The average molecular weight is 350 g/mol. The highest BCUT2D eigenvalue weighted by Crippen LogP contribution is 2.47. The lowest BCUT2D eigenvalue weighted by atomic mass is 9.74. The van der Waals surface area contributed by atoms with Gasteiger partial charge in [-0.2, -0.15) is 0 Å². The van der Waals surface area contributed by atoms with Crippen molar-refractivity contribution in [3.8, 4) is 5.75 Å². The van der Waals surface area contributed by atoms with E-state index in [1.165, 1.54) is 22.3 Å². The lowest BCUT2D eigenvalue weighted by molar-refractivity contribution is 0.408. The number of aryl methyl sites for hydroxylation is 1. The number of nitrogens with one attached hydrogen (secondary N) is 1. The summed E-state index contributed by atoms with van der Waals surface area (Å²) < 4.78 is 5.75. The normalized spacial score (nSPS) is 18.0. The minimum Gasteiger partial charge on any atom is -0.496 e. The lowest BCUT2D eigenvalue weighted by Gasteiger charge is -2.35. The Hall–Kier alpha value is -2.48. The Morgan fingerprint density at radius 2 is 1.69 bits per heavy atom. The summed E-state index contributed by atoms with van der Waals surface area (Å²) in [6.07, 6.45) is 2.13. The van der Waals surface area contributed by atoms with Crippen LogP contribution in [0.2, 0.25) is 0 Å². The highest BCUT2D eigenvalue weighted by molar-refractivity contribution is 5.62. The Morgan fingerprint density at radius 1 is 1.08 bits per heavy atom. The maximum absolute atomic E-state index is 5.75. The number of dihydropyridines is 1. The van der Waals surface area contributed by atoms with Gasteiger partial charge in [-0.3, -0.25) is 0 Å². The molecule has 1 heterocycles. The van der Waals surface area contributed by atoms with Gasteiger partial charge in [0.25, 0.3) is 0 Å².